The molecule has 1 aromatic heterocycles. The summed E-state index contributed by atoms with van der Waals surface area (Å²) in [5.41, 5.74) is 0. The first-order valence-electron chi connectivity index (χ1n) is 7.06. The summed E-state index contributed by atoms with van der Waals surface area (Å²) in [6.07, 6.45) is 6.79. The van der Waals surface area contributed by atoms with Crippen LogP contribution in [0.3, 0.4) is 0 Å². The molecule has 0 radical (unpaired) electrons. The van der Waals surface area contributed by atoms with Crippen molar-refractivity contribution in [1.82, 2.24) is 20.1 Å². The van der Waals surface area contributed by atoms with Gasteiger partial charge in [-0.15, -0.1) is 0 Å². The first kappa shape index (κ1) is 13.9. The Morgan fingerprint density at radius 2 is 2.33 bits per heavy atom. The molecule has 2 rings (SSSR count). The average Bonchev–Trinajstić information content (AvgIpc) is 2.97. The highest BCUT2D eigenvalue weighted by Gasteiger charge is 2.26. The van der Waals surface area contributed by atoms with Crippen molar-refractivity contribution in [2.75, 3.05) is 5.75 Å². The number of nitrogens with one attached hydrogen (secondary N) is 1. The zero-order valence-electron chi connectivity index (χ0n) is 11.4. The van der Waals surface area contributed by atoms with Crippen LogP contribution in [0.5, 0.6) is 0 Å². The number of hydrogen-bond donors (Lipinski definition) is 1. The van der Waals surface area contributed by atoms with E-state index in [1.54, 1.807) is 6.33 Å². The molecule has 1 aromatic rings. The van der Waals surface area contributed by atoms with Crippen LogP contribution < -0.4 is 5.32 Å². The van der Waals surface area contributed by atoms with Crippen LogP contribution in [0.25, 0.3) is 0 Å². The van der Waals surface area contributed by atoms with E-state index in [0.717, 1.165) is 30.6 Å². The van der Waals surface area contributed by atoms with E-state index in [1.807, 2.05) is 4.68 Å². The van der Waals surface area contributed by atoms with E-state index in [0.29, 0.717) is 6.04 Å². The molecular formula is C13H24N4S. The largest absolute Gasteiger partial charge is 0.306 e. The first-order valence-corrected chi connectivity index (χ1v) is 8.11. The van der Waals surface area contributed by atoms with Crippen LogP contribution >= 0.6 is 11.8 Å². The highest BCUT2D eigenvalue weighted by atomic mass is 32.2. The summed E-state index contributed by atoms with van der Waals surface area (Å²) in [6, 6.07) is 0.654. The van der Waals surface area contributed by atoms with Gasteiger partial charge in [-0.3, -0.25) is 0 Å². The van der Waals surface area contributed by atoms with Gasteiger partial charge in [0, 0.05) is 17.8 Å². The molecule has 1 saturated carbocycles. The third-order valence-corrected chi connectivity index (χ3v) is 4.81. The Hall–Kier alpha value is -0.550. The fourth-order valence-electron chi connectivity index (χ4n) is 2.62. The molecule has 102 valence electrons. The van der Waals surface area contributed by atoms with Crippen LogP contribution in [0.1, 0.15) is 45.4 Å². The molecule has 18 heavy (non-hydrogen) atoms. The molecule has 2 atom stereocenters. The minimum atomic E-state index is 0.654. The third kappa shape index (κ3) is 3.48. The Kier molecular flexibility index (Phi) is 5.50. The second-order valence-corrected chi connectivity index (χ2v) is 6.33. The van der Waals surface area contributed by atoms with Gasteiger partial charge in [0.25, 0.3) is 0 Å². The van der Waals surface area contributed by atoms with Gasteiger partial charge in [-0.05, 0) is 25.0 Å². The van der Waals surface area contributed by atoms with E-state index in [2.05, 4.69) is 41.0 Å². The predicted octanol–water partition coefficient (Wildman–Crippen LogP) is 2.45. The molecule has 2 unspecified atom stereocenters. The van der Waals surface area contributed by atoms with Gasteiger partial charge in [0.1, 0.15) is 12.2 Å². The monoisotopic (exact) mass is 268 g/mol. The van der Waals surface area contributed by atoms with E-state index in [-0.39, 0.29) is 0 Å². The van der Waals surface area contributed by atoms with Crippen molar-refractivity contribution in [2.45, 2.75) is 63.9 Å². The van der Waals surface area contributed by atoms with E-state index < -0.39 is 0 Å². The molecule has 0 bridgehead atoms. The summed E-state index contributed by atoms with van der Waals surface area (Å²) >= 11 is 2.09. The van der Waals surface area contributed by atoms with Gasteiger partial charge in [0.2, 0.25) is 0 Å². The van der Waals surface area contributed by atoms with Crippen LogP contribution in [0.15, 0.2) is 6.33 Å². The van der Waals surface area contributed by atoms with Crippen molar-refractivity contribution < 1.29 is 0 Å². The molecule has 1 aliphatic rings. The second kappa shape index (κ2) is 7.14. The quantitative estimate of drug-likeness (QED) is 0.825. The molecule has 1 aliphatic carbocycles. The molecule has 1 N–H and O–H groups in total. The zero-order chi connectivity index (χ0) is 12.8. The van der Waals surface area contributed by atoms with Crippen LogP contribution in [-0.2, 0) is 13.1 Å². The Labute approximate surface area is 114 Å². The Morgan fingerprint density at radius 1 is 1.44 bits per heavy atom. The molecule has 5 heteroatoms. The fourth-order valence-corrected chi connectivity index (χ4v) is 3.85. The number of hydrogen-bond acceptors (Lipinski definition) is 4. The first-order chi connectivity index (χ1) is 8.85. The van der Waals surface area contributed by atoms with Crippen molar-refractivity contribution in [3.63, 3.8) is 0 Å². The van der Waals surface area contributed by atoms with Crippen LogP contribution in [0, 0.1) is 0 Å². The highest BCUT2D eigenvalue weighted by Crippen LogP contribution is 2.29. The predicted molar refractivity (Wildman–Crippen MR) is 76.7 cm³/mol. The summed E-state index contributed by atoms with van der Waals surface area (Å²) in [5, 5.41) is 8.73. The summed E-state index contributed by atoms with van der Waals surface area (Å²) < 4.78 is 2.02. The standard InChI is InChI=1S/C13H24N4S/c1-3-8-17-13(15-10-16-17)9-14-11-6-5-7-12(11)18-4-2/h10-12,14H,3-9H2,1-2H3. The summed E-state index contributed by atoms with van der Waals surface area (Å²) in [6.45, 7) is 6.24. The normalized spacial score (nSPS) is 23.7. The molecule has 4 nitrogen and oxygen atoms in total. The lowest BCUT2D eigenvalue weighted by Crippen LogP contribution is -2.34. The Bertz CT molecular complexity index is 353. The van der Waals surface area contributed by atoms with Crippen molar-refractivity contribution in [1.29, 1.82) is 0 Å². The number of aromatic nitrogens is 3. The molecule has 0 aliphatic heterocycles. The van der Waals surface area contributed by atoms with Crippen molar-refractivity contribution in [3.05, 3.63) is 12.2 Å². The fraction of sp³-hybridized carbons (Fsp3) is 0.846. The van der Waals surface area contributed by atoms with Gasteiger partial charge in [-0.25, -0.2) is 9.67 Å². The van der Waals surface area contributed by atoms with Gasteiger partial charge in [0.05, 0.1) is 6.54 Å². The van der Waals surface area contributed by atoms with E-state index in [4.69, 9.17) is 0 Å². The van der Waals surface area contributed by atoms with Gasteiger partial charge < -0.3 is 5.32 Å². The van der Waals surface area contributed by atoms with Crippen molar-refractivity contribution in [3.8, 4) is 0 Å². The molecule has 0 saturated heterocycles. The summed E-state index contributed by atoms with van der Waals surface area (Å²) in [4.78, 5) is 4.35. The zero-order valence-corrected chi connectivity index (χ0v) is 12.2. The summed E-state index contributed by atoms with van der Waals surface area (Å²) in [5.74, 6) is 2.29. The molecule has 1 fully saturated rings. The maximum absolute atomic E-state index is 4.35. The van der Waals surface area contributed by atoms with Crippen LogP contribution in [-0.4, -0.2) is 31.8 Å². The number of thioether (sulfide) groups is 1. The second-order valence-electron chi connectivity index (χ2n) is 4.81. The Balaban J connectivity index is 1.84. The Morgan fingerprint density at radius 3 is 3.11 bits per heavy atom. The van der Waals surface area contributed by atoms with Gasteiger partial charge in [-0.1, -0.05) is 20.3 Å². The number of nitrogens with zero attached hydrogens (tertiary/aromatic N) is 3. The molecule has 0 aromatic carbocycles. The average molecular weight is 268 g/mol. The van der Waals surface area contributed by atoms with E-state index in [1.165, 1.54) is 25.0 Å². The SMILES string of the molecule is CCCn1ncnc1CNC1CCCC1SCC. The third-order valence-electron chi connectivity index (χ3n) is 3.49. The van der Waals surface area contributed by atoms with Gasteiger partial charge in [-0.2, -0.15) is 16.9 Å². The van der Waals surface area contributed by atoms with Crippen molar-refractivity contribution >= 4 is 11.8 Å². The molecular weight excluding hydrogens is 244 g/mol. The lowest BCUT2D eigenvalue weighted by Gasteiger charge is -2.20. The highest BCUT2D eigenvalue weighted by molar-refractivity contribution is 7.99. The van der Waals surface area contributed by atoms with Crippen LogP contribution in [0.4, 0.5) is 0 Å². The molecule has 0 spiro atoms. The van der Waals surface area contributed by atoms with E-state index >= 15 is 0 Å². The van der Waals surface area contributed by atoms with Crippen molar-refractivity contribution in [2.24, 2.45) is 0 Å². The maximum Gasteiger partial charge on any atom is 0.140 e. The van der Waals surface area contributed by atoms with Crippen LogP contribution in [0.2, 0.25) is 0 Å². The van der Waals surface area contributed by atoms with Gasteiger partial charge >= 0.3 is 0 Å². The summed E-state index contributed by atoms with van der Waals surface area (Å²) in [7, 11) is 0. The maximum atomic E-state index is 4.35. The topological polar surface area (TPSA) is 42.7 Å². The lowest BCUT2D eigenvalue weighted by molar-refractivity contribution is 0.489. The minimum Gasteiger partial charge on any atom is -0.306 e. The molecule has 0 amide bonds. The minimum absolute atomic E-state index is 0.654. The van der Waals surface area contributed by atoms with E-state index in [9.17, 15) is 0 Å². The lowest BCUT2D eigenvalue weighted by atomic mass is 10.2. The molecule has 1 heterocycles. The smallest absolute Gasteiger partial charge is 0.140 e. The number of aryl methyl sites for hydroxylation is 1. The number of rotatable bonds is 7. The van der Waals surface area contributed by atoms with Gasteiger partial charge in [0.15, 0.2) is 0 Å².